The quantitative estimate of drug-likeness (QED) is 0.515. The molecular formula is C24H24FN3O3S. The first-order chi connectivity index (χ1) is 15.2. The van der Waals surface area contributed by atoms with Crippen LogP contribution in [0.25, 0.3) is 11.1 Å². The lowest BCUT2D eigenvalue weighted by molar-refractivity contribution is -0.123. The molecular weight excluding hydrogens is 429 g/mol. The number of aromatic nitrogens is 3. The Morgan fingerprint density at radius 2 is 1.91 bits per heavy atom. The van der Waals surface area contributed by atoms with Gasteiger partial charge in [-0.05, 0) is 56.0 Å². The van der Waals surface area contributed by atoms with E-state index in [0.717, 1.165) is 5.56 Å². The molecule has 1 aromatic carbocycles. The maximum atomic E-state index is 14.8. The molecule has 6 nitrogen and oxygen atoms in total. The Bertz CT molecular complexity index is 1260. The molecule has 32 heavy (non-hydrogen) atoms. The van der Waals surface area contributed by atoms with Crippen molar-refractivity contribution in [1.82, 2.24) is 15.0 Å². The third-order valence-corrected chi connectivity index (χ3v) is 7.95. The first-order valence-electron chi connectivity index (χ1n) is 10.4. The van der Waals surface area contributed by atoms with Gasteiger partial charge in [-0.2, -0.15) is 0 Å². The van der Waals surface area contributed by atoms with Gasteiger partial charge in [-0.25, -0.2) is 22.8 Å². The number of carbonyl (C=O) groups excluding carboxylic acids is 1. The Balaban J connectivity index is 1.52. The highest BCUT2D eigenvalue weighted by Gasteiger charge is 2.37. The molecule has 3 aromatic rings. The summed E-state index contributed by atoms with van der Waals surface area (Å²) >= 11 is 0. The van der Waals surface area contributed by atoms with Crippen LogP contribution in [0, 0.1) is 5.82 Å². The molecule has 0 spiro atoms. The average molecular weight is 454 g/mol. The Kier molecular flexibility index (Phi) is 5.90. The van der Waals surface area contributed by atoms with Gasteiger partial charge in [-0.15, -0.1) is 0 Å². The molecule has 0 atom stereocenters. The van der Waals surface area contributed by atoms with E-state index in [2.05, 4.69) is 15.0 Å². The molecule has 4 rings (SSSR count). The zero-order valence-electron chi connectivity index (χ0n) is 18.0. The molecule has 0 saturated heterocycles. The minimum absolute atomic E-state index is 0.105. The van der Waals surface area contributed by atoms with Gasteiger partial charge in [0.25, 0.3) is 0 Å². The van der Waals surface area contributed by atoms with Crippen LogP contribution in [-0.2, 0) is 32.2 Å². The van der Waals surface area contributed by atoms with Crippen molar-refractivity contribution in [1.29, 1.82) is 0 Å². The van der Waals surface area contributed by atoms with Gasteiger partial charge in [-0.1, -0.05) is 18.2 Å². The van der Waals surface area contributed by atoms with Gasteiger partial charge in [-0.3, -0.25) is 9.78 Å². The molecule has 0 unspecified atom stereocenters. The third kappa shape index (κ3) is 4.75. The summed E-state index contributed by atoms with van der Waals surface area (Å²) in [6, 6.07) is 10.00. The normalized spacial score (nSPS) is 14.3. The van der Waals surface area contributed by atoms with Crippen LogP contribution in [0.3, 0.4) is 0 Å². The summed E-state index contributed by atoms with van der Waals surface area (Å²) in [5.74, 6) is -0.739. The second-order valence-electron chi connectivity index (χ2n) is 8.64. The van der Waals surface area contributed by atoms with Crippen molar-refractivity contribution < 1.29 is 17.6 Å². The van der Waals surface area contributed by atoms with E-state index in [1.54, 1.807) is 50.5 Å². The standard InChI is InChI=1S/C24H24FN3O3S/c1-24(2,21-9-11-27-23(28-21)15-32(30,31)19-7-8-19)22(29)13-17-6-5-16(12-20(17)25)18-4-3-10-26-14-18/h3-6,9-12,14,19H,7-8,13,15H2,1-2H3. The van der Waals surface area contributed by atoms with Gasteiger partial charge in [0.1, 0.15) is 23.2 Å². The number of ketones is 1. The predicted molar refractivity (Wildman–Crippen MR) is 119 cm³/mol. The highest BCUT2D eigenvalue weighted by molar-refractivity contribution is 7.91. The molecule has 1 fully saturated rings. The van der Waals surface area contributed by atoms with Gasteiger partial charge in [0.2, 0.25) is 0 Å². The van der Waals surface area contributed by atoms with Crippen LogP contribution in [0.4, 0.5) is 4.39 Å². The molecule has 0 aliphatic heterocycles. The fourth-order valence-electron chi connectivity index (χ4n) is 3.48. The largest absolute Gasteiger partial charge is 0.298 e. The van der Waals surface area contributed by atoms with Gasteiger partial charge < -0.3 is 0 Å². The topological polar surface area (TPSA) is 89.9 Å². The lowest BCUT2D eigenvalue weighted by Gasteiger charge is -2.23. The Morgan fingerprint density at radius 1 is 1.12 bits per heavy atom. The number of pyridine rings is 1. The Labute approximate surface area is 186 Å². The maximum absolute atomic E-state index is 14.8. The van der Waals surface area contributed by atoms with Crippen molar-refractivity contribution in [3.05, 3.63) is 77.9 Å². The molecule has 8 heteroatoms. The zero-order chi connectivity index (χ0) is 22.9. The summed E-state index contributed by atoms with van der Waals surface area (Å²) in [5, 5.41) is -0.304. The maximum Gasteiger partial charge on any atom is 0.160 e. The number of sulfone groups is 1. The van der Waals surface area contributed by atoms with Crippen LogP contribution in [0.1, 0.15) is 43.8 Å². The fraction of sp³-hybridized carbons (Fsp3) is 0.333. The molecule has 0 radical (unpaired) electrons. The van der Waals surface area contributed by atoms with Gasteiger partial charge in [0, 0.05) is 30.6 Å². The van der Waals surface area contributed by atoms with E-state index in [9.17, 15) is 17.6 Å². The molecule has 0 amide bonds. The fourth-order valence-corrected chi connectivity index (χ4v) is 5.07. The van der Waals surface area contributed by atoms with Crippen LogP contribution in [0.5, 0.6) is 0 Å². The van der Waals surface area contributed by atoms with Crippen LogP contribution in [0.2, 0.25) is 0 Å². The summed E-state index contributed by atoms with van der Waals surface area (Å²) < 4.78 is 39.3. The second kappa shape index (κ2) is 8.50. The summed E-state index contributed by atoms with van der Waals surface area (Å²) in [5.41, 5.74) is 1.16. The summed E-state index contributed by atoms with van der Waals surface area (Å²) in [6.45, 7) is 3.41. The first-order valence-corrected chi connectivity index (χ1v) is 12.1. The van der Waals surface area contributed by atoms with Gasteiger partial charge in [0.05, 0.1) is 16.4 Å². The minimum Gasteiger partial charge on any atom is -0.298 e. The number of carbonyl (C=O) groups is 1. The summed E-state index contributed by atoms with van der Waals surface area (Å²) in [4.78, 5) is 25.6. The lowest BCUT2D eigenvalue weighted by atomic mass is 9.81. The highest BCUT2D eigenvalue weighted by atomic mass is 32.2. The lowest BCUT2D eigenvalue weighted by Crippen LogP contribution is -2.32. The van der Waals surface area contributed by atoms with Gasteiger partial charge in [0.15, 0.2) is 9.84 Å². The zero-order valence-corrected chi connectivity index (χ0v) is 18.8. The van der Waals surface area contributed by atoms with Crippen molar-refractivity contribution in [2.24, 2.45) is 0 Å². The molecule has 1 aliphatic rings. The van der Waals surface area contributed by atoms with E-state index in [-0.39, 0.29) is 29.0 Å². The van der Waals surface area contributed by atoms with E-state index in [1.165, 1.54) is 12.3 Å². The number of rotatable bonds is 8. The molecule has 0 N–H and O–H groups in total. The van der Waals surface area contributed by atoms with E-state index in [1.807, 2.05) is 6.07 Å². The summed E-state index contributed by atoms with van der Waals surface area (Å²) in [6.07, 6.45) is 6.02. The molecule has 2 aromatic heterocycles. The van der Waals surface area contributed by atoms with Gasteiger partial charge >= 0.3 is 0 Å². The second-order valence-corrected chi connectivity index (χ2v) is 10.9. The minimum atomic E-state index is -3.27. The number of hydrogen-bond acceptors (Lipinski definition) is 6. The van der Waals surface area contributed by atoms with Crippen LogP contribution >= 0.6 is 0 Å². The molecule has 1 saturated carbocycles. The van der Waals surface area contributed by atoms with Crippen LogP contribution < -0.4 is 0 Å². The molecule has 1 aliphatic carbocycles. The molecule has 0 bridgehead atoms. The monoisotopic (exact) mass is 453 g/mol. The van der Waals surface area contributed by atoms with Crippen molar-refractivity contribution in [2.45, 2.75) is 49.5 Å². The van der Waals surface area contributed by atoms with Crippen molar-refractivity contribution in [3.8, 4) is 11.1 Å². The predicted octanol–water partition coefficient (Wildman–Crippen LogP) is 3.84. The van der Waals surface area contributed by atoms with E-state index in [0.29, 0.717) is 29.7 Å². The number of Topliss-reactive ketones (excluding diaryl/α,β-unsaturated/α-hetero) is 1. The van der Waals surface area contributed by atoms with Crippen LogP contribution in [0.15, 0.2) is 55.0 Å². The number of benzene rings is 1. The van der Waals surface area contributed by atoms with Crippen molar-refractivity contribution in [2.75, 3.05) is 0 Å². The summed E-state index contributed by atoms with van der Waals surface area (Å²) in [7, 11) is -3.27. The van der Waals surface area contributed by atoms with E-state index in [4.69, 9.17) is 0 Å². The van der Waals surface area contributed by atoms with Crippen molar-refractivity contribution >= 4 is 15.6 Å². The Hall–Kier alpha value is -3.00. The smallest absolute Gasteiger partial charge is 0.160 e. The number of halogens is 1. The molecule has 166 valence electrons. The average Bonchev–Trinajstić information content (AvgIpc) is 3.62. The van der Waals surface area contributed by atoms with E-state index < -0.39 is 21.1 Å². The van der Waals surface area contributed by atoms with Crippen LogP contribution in [-0.4, -0.2) is 34.4 Å². The third-order valence-electron chi connectivity index (χ3n) is 5.80. The SMILES string of the molecule is CC(C)(C(=O)Cc1ccc(-c2cccnc2)cc1F)c1ccnc(CS(=O)(=O)C2CC2)n1. The van der Waals surface area contributed by atoms with E-state index >= 15 is 0 Å². The first kappa shape index (κ1) is 22.2. The number of nitrogens with zero attached hydrogens (tertiary/aromatic N) is 3. The van der Waals surface area contributed by atoms with Crippen molar-refractivity contribution in [3.63, 3.8) is 0 Å². The molecule has 2 heterocycles. The number of hydrogen-bond donors (Lipinski definition) is 0. The Morgan fingerprint density at radius 3 is 2.56 bits per heavy atom. The highest BCUT2D eigenvalue weighted by Crippen LogP contribution is 2.31.